The smallest absolute Gasteiger partial charge is 0.123 e. The lowest BCUT2D eigenvalue weighted by Crippen LogP contribution is -2.04. The van der Waals surface area contributed by atoms with E-state index in [0.29, 0.717) is 17.3 Å². The van der Waals surface area contributed by atoms with Crippen LogP contribution in [-0.4, -0.2) is 29.3 Å². The van der Waals surface area contributed by atoms with E-state index in [0.717, 1.165) is 22.4 Å². The van der Waals surface area contributed by atoms with E-state index in [2.05, 4.69) is 10.2 Å². The summed E-state index contributed by atoms with van der Waals surface area (Å²) in [7, 11) is 3.69. The van der Waals surface area contributed by atoms with Gasteiger partial charge in [-0.15, -0.1) is 0 Å². The van der Waals surface area contributed by atoms with E-state index in [9.17, 15) is 4.39 Å². The standard InChI is InChI=1S/C18H16ClFN6/c1-24-10-13(7-21-24)17-16(19)18(14-8-22-25(2)11-14)26(23-17)9-12-3-5-15(20)6-4-12/h3-8,10-11H,9H2,1-2H3. The van der Waals surface area contributed by atoms with Crippen LogP contribution < -0.4 is 0 Å². The van der Waals surface area contributed by atoms with Crippen molar-refractivity contribution in [2.24, 2.45) is 14.1 Å². The van der Waals surface area contributed by atoms with Gasteiger partial charge in [-0.2, -0.15) is 15.3 Å². The topological polar surface area (TPSA) is 53.5 Å². The van der Waals surface area contributed by atoms with Crippen LogP contribution in [0.2, 0.25) is 5.02 Å². The SMILES string of the molecule is Cn1cc(-c2nn(Cc3ccc(F)cc3)c(-c3cnn(C)c3)c2Cl)cn1. The highest BCUT2D eigenvalue weighted by Crippen LogP contribution is 2.36. The minimum absolute atomic E-state index is 0.268. The van der Waals surface area contributed by atoms with Crippen molar-refractivity contribution in [2.75, 3.05) is 0 Å². The van der Waals surface area contributed by atoms with Crippen molar-refractivity contribution in [3.63, 3.8) is 0 Å². The quantitative estimate of drug-likeness (QED) is 0.552. The summed E-state index contributed by atoms with van der Waals surface area (Å²) < 4.78 is 18.4. The van der Waals surface area contributed by atoms with Crippen LogP contribution in [-0.2, 0) is 20.6 Å². The molecule has 0 aliphatic carbocycles. The second-order valence-electron chi connectivity index (χ2n) is 6.10. The van der Waals surface area contributed by atoms with Gasteiger partial charge in [0.2, 0.25) is 0 Å². The van der Waals surface area contributed by atoms with Gasteiger partial charge in [0.1, 0.15) is 11.5 Å². The first kappa shape index (κ1) is 16.5. The third-order valence-electron chi connectivity index (χ3n) is 4.10. The molecule has 8 heteroatoms. The number of hydrogen-bond acceptors (Lipinski definition) is 3. The van der Waals surface area contributed by atoms with Crippen LogP contribution in [0.15, 0.2) is 49.1 Å². The number of halogens is 2. The molecule has 6 nitrogen and oxygen atoms in total. The zero-order valence-corrected chi connectivity index (χ0v) is 15.0. The van der Waals surface area contributed by atoms with Crippen LogP contribution in [0.5, 0.6) is 0 Å². The van der Waals surface area contributed by atoms with Crippen LogP contribution >= 0.6 is 11.6 Å². The molecule has 132 valence electrons. The Labute approximate surface area is 154 Å². The maximum Gasteiger partial charge on any atom is 0.123 e. The minimum atomic E-state index is -0.268. The molecule has 3 heterocycles. The molecule has 26 heavy (non-hydrogen) atoms. The van der Waals surface area contributed by atoms with Crippen LogP contribution in [0.4, 0.5) is 4.39 Å². The third kappa shape index (κ3) is 3.01. The van der Waals surface area contributed by atoms with E-state index in [-0.39, 0.29) is 5.82 Å². The Morgan fingerprint density at radius 3 is 2.15 bits per heavy atom. The lowest BCUT2D eigenvalue weighted by atomic mass is 10.2. The second kappa shape index (κ2) is 6.42. The van der Waals surface area contributed by atoms with E-state index in [1.54, 1.807) is 33.9 Å². The number of benzene rings is 1. The van der Waals surface area contributed by atoms with Crippen molar-refractivity contribution in [1.29, 1.82) is 0 Å². The lowest BCUT2D eigenvalue weighted by molar-refractivity contribution is 0.625. The average molecular weight is 371 g/mol. The van der Waals surface area contributed by atoms with Gasteiger partial charge in [-0.3, -0.25) is 14.0 Å². The van der Waals surface area contributed by atoms with Crippen LogP contribution in [0.3, 0.4) is 0 Å². The number of rotatable bonds is 4. The van der Waals surface area contributed by atoms with Gasteiger partial charge < -0.3 is 0 Å². The molecule has 0 fully saturated rings. The summed E-state index contributed by atoms with van der Waals surface area (Å²) in [6.45, 7) is 0.463. The maximum absolute atomic E-state index is 13.2. The van der Waals surface area contributed by atoms with Gasteiger partial charge in [0, 0.05) is 37.6 Å². The summed E-state index contributed by atoms with van der Waals surface area (Å²) >= 11 is 6.69. The summed E-state index contributed by atoms with van der Waals surface area (Å²) in [5.74, 6) is -0.268. The van der Waals surface area contributed by atoms with Gasteiger partial charge >= 0.3 is 0 Å². The van der Waals surface area contributed by atoms with Gasteiger partial charge in [0.05, 0.1) is 29.7 Å². The maximum atomic E-state index is 13.2. The molecule has 0 amide bonds. The largest absolute Gasteiger partial charge is 0.275 e. The van der Waals surface area contributed by atoms with Crippen LogP contribution in [0.1, 0.15) is 5.56 Å². The average Bonchev–Trinajstić information content (AvgIpc) is 3.29. The molecule has 4 aromatic rings. The molecule has 0 saturated carbocycles. The first-order chi connectivity index (χ1) is 12.5. The van der Waals surface area contributed by atoms with Crippen molar-refractivity contribution < 1.29 is 4.39 Å². The van der Waals surface area contributed by atoms with Gasteiger partial charge in [-0.05, 0) is 17.7 Å². The fourth-order valence-corrected chi connectivity index (χ4v) is 3.22. The summed E-state index contributed by atoms with van der Waals surface area (Å²) in [4.78, 5) is 0. The van der Waals surface area contributed by atoms with Crippen molar-refractivity contribution in [3.8, 4) is 22.5 Å². The number of aryl methyl sites for hydroxylation is 2. The van der Waals surface area contributed by atoms with E-state index in [4.69, 9.17) is 16.7 Å². The molecule has 0 radical (unpaired) electrons. The number of aromatic nitrogens is 6. The molecule has 0 N–H and O–H groups in total. The Kier molecular flexibility index (Phi) is 4.08. The van der Waals surface area contributed by atoms with E-state index in [1.165, 1.54) is 12.1 Å². The Balaban J connectivity index is 1.84. The summed E-state index contributed by atoms with van der Waals surface area (Å²) in [6.07, 6.45) is 7.22. The van der Waals surface area contributed by atoms with Gasteiger partial charge in [0.25, 0.3) is 0 Å². The first-order valence-corrected chi connectivity index (χ1v) is 8.38. The Bertz CT molecular complexity index is 1060. The zero-order chi connectivity index (χ0) is 18.3. The van der Waals surface area contributed by atoms with E-state index >= 15 is 0 Å². The molecule has 0 saturated heterocycles. The highest BCUT2D eigenvalue weighted by molar-refractivity contribution is 6.35. The second-order valence-corrected chi connectivity index (χ2v) is 6.48. The molecule has 3 aromatic heterocycles. The third-order valence-corrected chi connectivity index (χ3v) is 4.45. The molecule has 1 aromatic carbocycles. The highest BCUT2D eigenvalue weighted by atomic mass is 35.5. The summed E-state index contributed by atoms with van der Waals surface area (Å²) in [6, 6.07) is 6.35. The predicted molar refractivity (Wildman–Crippen MR) is 97.1 cm³/mol. The molecule has 0 aliphatic heterocycles. The number of hydrogen-bond donors (Lipinski definition) is 0. The monoisotopic (exact) mass is 370 g/mol. The van der Waals surface area contributed by atoms with Crippen molar-refractivity contribution in [2.45, 2.75) is 6.54 Å². The van der Waals surface area contributed by atoms with Crippen molar-refractivity contribution in [1.82, 2.24) is 29.3 Å². The molecule has 0 aliphatic rings. The normalized spacial score (nSPS) is 11.2. The summed E-state index contributed by atoms with van der Waals surface area (Å²) in [5, 5.41) is 13.7. The van der Waals surface area contributed by atoms with Crippen molar-refractivity contribution >= 4 is 11.6 Å². The molecule has 0 spiro atoms. The minimum Gasteiger partial charge on any atom is -0.275 e. The molecular weight excluding hydrogens is 355 g/mol. The van der Waals surface area contributed by atoms with Crippen LogP contribution in [0, 0.1) is 5.82 Å². The molecule has 0 unspecified atom stereocenters. The van der Waals surface area contributed by atoms with Gasteiger partial charge in [0.15, 0.2) is 0 Å². The van der Waals surface area contributed by atoms with E-state index in [1.807, 2.05) is 31.2 Å². The zero-order valence-electron chi connectivity index (χ0n) is 14.3. The molecule has 0 bridgehead atoms. The lowest BCUT2D eigenvalue weighted by Gasteiger charge is -2.06. The van der Waals surface area contributed by atoms with Gasteiger partial charge in [-0.1, -0.05) is 23.7 Å². The first-order valence-electron chi connectivity index (χ1n) is 8.00. The fraction of sp³-hybridized carbons (Fsp3) is 0.167. The van der Waals surface area contributed by atoms with E-state index < -0.39 is 0 Å². The summed E-state index contributed by atoms with van der Waals surface area (Å²) in [5.41, 5.74) is 4.04. The Hall–Kier alpha value is -2.93. The molecule has 0 atom stereocenters. The highest BCUT2D eigenvalue weighted by Gasteiger charge is 2.21. The van der Waals surface area contributed by atoms with Crippen LogP contribution in [0.25, 0.3) is 22.5 Å². The molecule has 4 rings (SSSR count). The number of nitrogens with zero attached hydrogens (tertiary/aromatic N) is 6. The Morgan fingerprint density at radius 2 is 1.58 bits per heavy atom. The predicted octanol–water partition coefficient (Wildman–Crippen LogP) is 3.52. The van der Waals surface area contributed by atoms with Gasteiger partial charge in [-0.25, -0.2) is 4.39 Å². The molecular formula is C18H16ClFN6. The van der Waals surface area contributed by atoms with Crippen molar-refractivity contribution in [3.05, 3.63) is 65.5 Å². The Morgan fingerprint density at radius 1 is 0.962 bits per heavy atom. The fourth-order valence-electron chi connectivity index (χ4n) is 2.86.